The van der Waals surface area contributed by atoms with E-state index in [1.165, 1.54) is 12.1 Å². The zero-order valence-electron chi connectivity index (χ0n) is 12.0. The van der Waals surface area contributed by atoms with Gasteiger partial charge in [0.2, 0.25) is 5.91 Å². The van der Waals surface area contributed by atoms with Gasteiger partial charge in [-0.1, -0.05) is 24.3 Å². The molecule has 0 unspecified atom stereocenters. The minimum Gasteiger partial charge on any atom is -0.351 e. The SMILES string of the molecule is N#Cc1cccc(CNC(=O)C2(c3ccc(F)cc3)CC2)c1. The molecule has 1 aliphatic rings. The second-order valence-corrected chi connectivity index (χ2v) is 5.58. The molecule has 1 amide bonds. The van der Waals surface area contributed by atoms with E-state index in [1.807, 2.05) is 6.07 Å². The maximum Gasteiger partial charge on any atom is 0.230 e. The van der Waals surface area contributed by atoms with Gasteiger partial charge in [-0.15, -0.1) is 0 Å². The number of hydrogen-bond acceptors (Lipinski definition) is 2. The van der Waals surface area contributed by atoms with Gasteiger partial charge in [-0.3, -0.25) is 4.79 Å². The van der Waals surface area contributed by atoms with Crippen LogP contribution in [0.4, 0.5) is 4.39 Å². The lowest BCUT2D eigenvalue weighted by molar-refractivity contribution is -0.123. The highest BCUT2D eigenvalue weighted by Gasteiger charge is 2.51. The van der Waals surface area contributed by atoms with E-state index in [9.17, 15) is 9.18 Å². The van der Waals surface area contributed by atoms with Crippen LogP contribution in [0.2, 0.25) is 0 Å². The minimum absolute atomic E-state index is 0.0403. The molecule has 3 rings (SSSR count). The summed E-state index contributed by atoms with van der Waals surface area (Å²) in [6, 6.07) is 15.4. The highest BCUT2D eigenvalue weighted by molar-refractivity contribution is 5.91. The van der Waals surface area contributed by atoms with Crippen molar-refractivity contribution in [2.45, 2.75) is 24.8 Å². The first-order valence-corrected chi connectivity index (χ1v) is 7.17. The lowest BCUT2D eigenvalue weighted by Gasteiger charge is -2.16. The van der Waals surface area contributed by atoms with Gasteiger partial charge >= 0.3 is 0 Å². The van der Waals surface area contributed by atoms with Gasteiger partial charge in [0.05, 0.1) is 17.0 Å². The Bertz CT molecular complexity index is 742. The van der Waals surface area contributed by atoms with Gasteiger partial charge < -0.3 is 5.32 Å². The molecule has 0 bridgehead atoms. The summed E-state index contributed by atoms with van der Waals surface area (Å²) in [5, 5.41) is 11.8. The van der Waals surface area contributed by atoms with Gasteiger partial charge in [-0.05, 0) is 48.2 Å². The number of hydrogen-bond donors (Lipinski definition) is 1. The van der Waals surface area contributed by atoms with Gasteiger partial charge in [0.25, 0.3) is 0 Å². The number of carbonyl (C=O) groups is 1. The third-order valence-corrected chi connectivity index (χ3v) is 4.09. The van der Waals surface area contributed by atoms with Gasteiger partial charge in [0, 0.05) is 6.54 Å². The molecule has 0 heterocycles. The average molecular weight is 294 g/mol. The standard InChI is InChI=1S/C18H15FN2O/c19-16-6-4-15(5-7-16)18(8-9-18)17(22)21-12-14-3-1-2-13(10-14)11-20/h1-7,10H,8-9,12H2,(H,21,22). The molecule has 110 valence electrons. The Labute approximate surface area is 128 Å². The maximum absolute atomic E-state index is 13.0. The number of carbonyl (C=O) groups excluding carboxylic acids is 1. The van der Waals surface area contributed by atoms with E-state index in [-0.39, 0.29) is 11.7 Å². The average Bonchev–Trinajstić information content (AvgIpc) is 3.35. The Morgan fingerprint density at radius 1 is 1.23 bits per heavy atom. The Kier molecular flexibility index (Phi) is 3.64. The van der Waals surface area contributed by atoms with Crippen LogP contribution in [0.15, 0.2) is 48.5 Å². The van der Waals surface area contributed by atoms with E-state index < -0.39 is 5.41 Å². The first-order chi connectivity index (χ1) is 10.6. The first kappa shape index (κ1) is 14.3. The van der Waals surface area contributed by atoms with E-state index in [2.05, 4.69) is 11.4 Å². The van der Waals surface area contributed by atoms with Crippen LogP contribution in [0.3, 0.4) is 0 Å². The van der Waals surface area contributed by atoms with Gasteiger partial charge in [-0.25, -0.2) is 4.39 Å². The number of rotatable bonds is 4. The monoisotopic (exact) mass is 294 g/mol. The Hall–Kier alpha value is -2.67. The fourth-order valence-corrected chi connectivity index (χ4v) is 2.64. The van der Waals surface area contributed by atoms with Crippen molar-refractivity contribution >= 4 is 5.91 Å². The molecule has 0 atom stereocenters. The summed E-state index contributed by atoms with van der Waals surface area (Å²) in [6.07, 6.45) is 1.56. The Balaban J connectivity index is 1.69. The summed E-state index contributed by atoms with van der Waals surface area (Å²) in [5.41, 5.74) is 1.81. The normalized spacial score (nSPS) is 14.9. The fraction of sp³-hybridized carbons (Fsp3) is 0.222. The van der Waals surface area contributed by atoms with Crippen LogP contribution < -0.4 is 5.32 Å². The molecular weight excluding hydrogens is 279 g/mol. The minimum atomic E-state index is -0.513. The van der Waals surface area contributed by atoms with Crippen molar-refractivity contribution < 1.29 is 9.18 Å². The smallest absolute Gasteiger partial charge is 0.230 e. The highest BCUT2D eigenvalue weighted by atomic mass is 19.1. The summed E-state index contributed by atoms with van der Waals surface area (Å²) in [7, 11) is 0. The summed E-state index contributed by atoms with van der Waals surface area (Å²) in [5.74, 6) is -0.338. The van der Waals surface area contributed by atoms with Crippen LogP contribution in [-0.2, 0) is 16.8 Å². The molecule has 2 aromatic rings. The molecule has 1 fully saturated rings. The zero-order valence-corrected chi connectivity index (χ0v) is 12.0. The summed E-state index contributed by atoms with van der Waals surface area (Å²) in [4.78, 5) is 12.5. The van der Waals surface area contributed by atoms with E-state index in [1.54, 1.807) is 30.3 Å². The maximum atomic E-state index is 13.0. The van der Waals surface area contributed by atoms with Crippen molar-refractivity contribution in [2.24, 2.45) is 0 Å². The molecule has 0 radical (unpaired) electrons. The molecule has 1 N–H and O–H groups in total. The molecule has 22 heavy (non-hydrogen) atoms. The van der Waals surface area contributed by atoms with Crippen molar-refractivity contribution in [3.63, 3.8) is 0 Å². The number of nitrogens with zero attached hydrogens (tertiary/aromatic N) is 1. The second-order valence-electron chi connectivity index (χ2n) is 5.58. The molecule has 0 aliphatic heterocycles. The summed E-state index contributed by atoms with van der Waals surface area (Å²) in [6.45, 7) is 0.386. The van der Waals surface area contributed by atoms with Gasteiger partial charge in [0.15, 0.2) is 0 Å². The van der Waals surface area contributed by atoms with E-state index in [0.29, 0.717) is 12.1 Å². The lowest BCUT2D eigenvalue weighted by atomic mass is 9.95. The van der Waals surface area contributed by atoms with Crippen LogP contribution in [0.25, 0.3) is 0 Å². The number of nitrogens with one attached hydrogen (secondary N) is 1. The largest absolute Gasteiger partial charge is 0.351 e. The third kappa shape index (κ3) is 2.71. The van der Waals surface area contributed by atoms with Crippen LogP contribution in [0.5, 0.6) is 0 Å². The number of nitriles is 1. The molecule has 1 saturated carbocycles. The topological polar surface area (TPSA) is 52.9 Å². The Morgan fingerprint density at radius 3 is 2.59 bits per heavy atom. The van der Waals surface area contributed by atoms with Crippen LogP contribution in [0, 0.1) is 17.1 Å². The molecule has 3 nitrogen and oxygen atoms in total. The van der Waals surface area contributed by atoms with E-state index >= 15 is 0 Å². The molecule has 0 saturated heterocycles. The first-order valence-electron chi connectivity index (χ1n) is 7.17. The molecule has 1 aliphatic carbocycles. The Morgan fingerprint density at radius 2 is 1.95 bits per heavy atom. The van der Waals surface area contributed by atoms with Crippen molar-refractivity contribution in [2.75, 3.05) is 0 Å². The molecular formula is C18H15FN2O. The second kappa shape index (κ2) is 5.61. The van der Waals surface area contributed by atoms with Crippen LogP contribution in [-0.4, -0.2) is 5.91 Å². The van der Waals surface area contributed by atoms with E-state index in [0.717, 1.165) is 24.0 Å². The van der Waals surface area contributed by atoms with Crippen LogP contribution >= 0.6 is 0 Å². The van der Waals surface area contributed by atoms with Crippen LogP contribution in [0.1, 0.15) is 29.5 Å². The summed E-state index contributed by atoms with van der Waals surface area (Å²) < 4.78 is 13.0. The quantitative estimate of drug-likeness (QED) is 0.942. The summed E-state index contributed by atoms with van der Waals surface area (Å²) >= 11 is 0. The zero-order chi connectivity index (χ0) is 15.6. The molecule has 0 aromatic heterocycles. The molecule has 4 heteroatoms. The molecule has 0 spiro atoms. The highest BCUT2D eigenvalue weighted by Crippen LogP contribution is 2.48. The lowest BCUT2D eigenvalue weighted by Crippen LogP contribution is -2.34. The van der Waals surface area contributed by atoms with Crippen molar-refractivity contribution in [1.29, 1.82) is 5.26 Å². The number of benzene rings is 2. The fourth-order valence-electron chi connectivity index (χ4n) is 2.64. The van der Waals surface area contributed by atoms with Gasteiger partial charge in [0.1, 0.15) is 5.82 Å². The predicted molar refractivity (Wildman–Crippen MR) is 80.3 cm³/mol. The van der Waals surface area contributed by atoms with E-state index in [4.69, 9.17) is 5.26 Å². The predicted octanol–water partition coefficient (Wildman–Crippen LogP) is 3.05. The van der Waals surface area contributed by atoms with Crippen molar-refractivity contribution in [3.8, 4) is 6.07 Å². The number of amides is 1. The van der Waals surface area contributed by atoms with Gasteiger partial charge in [-0.2, -0.15) is 5.26 Å². The number of halogens is 1. The third-order valence-electron chi connectivity index (χ3n) is 4.09. The van der Waals surface area contributed by atoms with Crippen molar-refractivity contribution in [3.05, 3.63) is 71.0 Å². The molecule has 2 aromatic carbocycles. The van der Waals surface area contributed by atoms with Crippen molar-refractivity contribution in [1.82, 2.24) is 5.32 Å².